The Kier molecular flexibility index (Phi) is 6.68. The first kappa shape index (κ1) is 16.7. The summed E-state index contributed by atoms with van der Waals surface area (Å²) in [6, 6.07) is 10.2. The average Bonchev–Trinajstić information content (AvgIpc) is 2.36. The minimum atomic E-state index is -0.178. The number of carbonyl (C=O) groups excluding carboxylic acids is 1. The zero-order valence-corrected chi connectivity index (χ0v) is 12.9. The van der Waals surface area contributed by atoms with Gasteiger partial charge in [0.1, 0.15) is 0 Å². The Hall–Kier alpha value is -1.39. The van der Waals surface area contributed by atoms with Crippen molar-refractivity contribution in [3.8, 4) is 0 Å². The molecule has 0 radical (unpaired) electrons. The fourth-order valence-electron chi connectivity index (χ4n) is 1.97. The molecule has 112 valence electrons. The number of hydrogen-bond acceptors (Lipinski definition) is 3. The second-order valence-electron chi connectivity index (χ2n) is 5.92. The van der Waals surface area contributed by atoms with Gasteiger partial charge in [-0.25, -0.2) is 0 Å². The lowest BCUT2D eigenvalue weighted by Gasteiger charge is -2.22. The van der Waals surface area contributed by atoms with Crippen LogP contribution in [0.2, 0.25) is 0 Å². The van der Waals surface area contributed by atoms with Crippen LogP contribution in [0.3, 0.4) is 0 Å². The van der Waals surface area contributed by atoms with Crippen LogP contribution in [0.4, 0.5) is 0 Å². The molecule has 0 spiro atoms. The number of nitrogens with one attached hydrogen (secondary N) is 2. The number of methoxy groups -OCH3 is 1. The summed E-state index contributed by atoms with van der Waals surface area (Å²) in [7, 11) is 1.68. The zero-order chi connectivity index (χ0) is 15.0. The maximum Gasteiger partial charge on any atom is 0.221 e. The lowest BCUT2D eigenvalue weighted by Crippen LogP contribution is -2.41. The quantitative estimate of drug-likeness (QED) is 0.804. The highest BCUT2D eigenvalue weighted by atomic mass is 16.5. The molecule has 0 aliphatic rings. The van der Waals surface area contributed by atoms with E-state index >= 15 is 0 Å². The van der Waals surface area contributed by atoms with E-state index in [9.17, 15) is 4.79 Å². The summed E-state index contributed by atoms with van der Waals surface area (Å²) in [5.41, 5.74) is 0.994. The molecule has 0 saturated carbocycles. The van der Waals surface area contributed by atoms with Crippen molar-refractivity contribution in [2.45, 2.75) is 38.8 Å². The molecule has 20 heavy (non-hydrogen) atoms. The summed E-state index contributed by atoms with van der Waals surface area (Å²) < 4.78 is 5.23. The first-order valence-electron chi connectivity index (χ1n) is 7.00. The number of rotatable bonds is 7. The first-order valence-corrected chi connectivity index (χ1v) is 7.00. The summed E-state index contributed by atoms with van der Waals surface area (Å²) in [5, 5.41) is 6.32. The van der Waals surface area contributed by atoms with Gasteiger partial charge >= 0.3 is 0 Å². The van der Waals surface area contributed by atoms with Crippen molar-refractivity contribution < 1.29 is 9.53 Å². The summed E-state index contributed by atoms with van der Waals surface area (Å²) >= 11 is 0. The van der Waals surface area contributed by atoms with Gasteiger partial charge in [0.15, 0.2) is 0 Å². The van der Waals surface area contributed by atoms with Crippen LogP contribution < -0.4 is 10.6 Å². The number of carbonyl (C=O) groups is 1. The fourth-order valence-corrected chi connectivity index (χ4v) is 1.97. The molecule has 0 aliphatic carbocycles. The number of amides is 1. The smallest absolute Gasteiger partial charge is 0.221 e. The summed E-state index contributed by atoms with van der Waals surface area (Å²) in [6.45, 7) is 7.16. The molecule has 1 rings (SSSR count). The summed E-state index contributed by atoms with van der Waals surface area (Å²) in [4.78, 5) is 11.8. The van der Waals surface area contributed by atoms with Crippen molar-refractivity contribution in [1.82, 2.24) is 10.6 Å². The fraction of sp³-hybridized carbons (Fsp3) is 0.562. The second kappa shape index (κ2) is 8.02. The molecule has 0 aromatic heterocycles. The molecule has 1 amide bonds. The van der Waals surface area contributed by atoms with E-state index in [1.807, 2.05) is 39.0 Å². The highest BCUT2D eigenvalue weighted by Crippen LogP contribution is 2.12. The van der Waals surface area contributed by atoms with Crippen LogP contribution >= 0.6 is 0 Å². The lowest BCUT2D eigenvalue weighted by atomic mass is 10.1. The van der Waals surface area contributed by atoms with Crippen molar-refractivity contribution in [3.63, 3.8) is 0 Å². The van der Waals surface area contributed by atoms with E-state index in [4.69, 9.17) is 4.74 Å². The Labute approximate surface area is 121 Å². The molecule has 0 heterocycles. The van der Waals surface area contributed by atoms with Crippen molar-refractivity contribution in [2.24, 2.45) is 0 Å². The number of ether oxygens (including phenoxy) is 1. The topological polar surface area (TPSA) is 50.4 Å². The highest BCUT2D eigenvalue weighted by molar-refractivity contribution is 5.76. The van der Waals surface area contributed by atoms with Gasteiger partial charge in [-0.3, -0.25) is 4.79 Å². The molecule has 1 atom stereocenters. The average molecular weight is 278 g/mol. The molecule has 0 aliphatic heterocycles. The lowest BCUT2D eigenvalue weighted by molar-refractivity contribution is -0.122. The van der Waals surface area contributed by atoms with Crippen LogP contribution in [-0.4, -0.2) is 31.7 Å². The molecule has 1 aromatic rings. The van der Waals surface area contributed by atoms with Crippen molar-refractivity contribution in [2.75, 3.05) is 20.3 Å². The van der Waals surface area contributed by atoms with E-state index < -0.39 is 0 Å². The third-order valence-electron chi connectivity index (χ3n) is 2.79. The predicted octanol–water partition coefficient (Wildman–Crippen LogP) is 2.27. The van der Waals surface area contributed by atoms with Gasteiger partial charge in [0.05, 0.1) is 12.6 Å². The van der Waals surface area contributed by atoms with Gasteiger partial charge < -0.3 is 15.4 Å². The van der Waals surface area contributed by atoms with Crippen molar-refractivity contribution in [3.05, 3.63) is 35.9 Å². The van der Waals surface area contributed by atoms with E-state index in [-0.39, 0.29) is 17.5 Å². The van der Waals surface area contributed by atoms with E-state index in [2.05, 4.69) is 22.8 Å². The highest BCUT2D eigenvalue weighted by Gasteiger charge is 2.14. The SMILES string of the molecule is COCC(NCCC(=O)NC(C)(C)C)c1ccccc1. The van der Waals surface area contributed by atoms with Crippen LogP contribution in [0.15, 0.2) is 30.3 Å². The maximum atomic E-state index is 11.8. The summed E-state index contributed by atoms with van der Waals surface area (Å²) in [6.07, 6.45) is 0.463. The molecule has 1 unspecified atom stereocenters. The van der Waals surface area contributed by atoms with Gasteiger partial charge in [0.25, 0.3) is 0 Å². The first-order chi connectivity index (χ1) is 9.42. The molecule has 4 heteroatoms. The van der Waals surface area contributed by atoms with Crippen LogP contribution in [0.5, 0.6) is 0 Å². The molecule has 0 fully saturated rings. The molecular weight excluding hydrogens is 252 g/mol. The van der Waals surface area contributed by atoms with Crippen LogP contribution in [0.25, 0.3) is 0 Å². The largest absolute Gasteiger partial charge is 0.383 e. The summed E-state index contributed by atoms with van der Waals surface area (Å²) in [5.74, 6) is 0.0641. The van der Waals surface area contributed by atoms with E-state index in [0.717, 1.165) is 0 Å². The second-order valence-corrected chi connectivity index (χ2v) is 5.92. The Morgan fingerprint density at radius 2 is 1.90 bits per heavy atom. The van der Waals surface area contributed by atoms with Crippen molar-refractivity contribution >= 4 is 5.91 Å². The van der Waals surface area contributed by atoms with Gasteiger partial charge in [-0.1, -0.05) is 30.3 Å². The van der Waals surface area contributed by atoms with Crippen LogP contribution in [0.1, 0.15) is 38.8 Å². The van der Waals surface area contributed by atoms with Gasteiger partial charge in [-0.05, 0) is 26.3 Å². The van der Waals surface area contributed by atoms with Gasteiger partial charge in [0, 0.05) is 25.6 Å². The Balaban J connectivity index is 2.42. The predicted molar refractivity (Wildman–Crippen MR) is 81.6 cm³/mol. The van der Waals surface area contributed by atoms with Gasteiger partial charge in [-0.2, -0.15) is 0 Å². The third kappa shape index (κ3) is 6.68. The van der Waals surface area contributed by atoms with Crippen LogP contribution in [0, 0.1) is 0 Å². The van der Waals surface area contributed by atoms with E-state index in [0.29, 0.717) is 19.6 Å². The Bertz CT molecular complexity index is 399. The van der Waals surface area contributed by atoms with E-state index in [1.54, 1.807) is 7.11 Å². The van der Waals surface area contributed by atoms with Crippen LogP contribution in [-0.2, 0) is 9.53 Å². The van der Waals surface area contributed by atoms with E-state index in [1.165, 1.54) is 5.56 Å². The molecule has 1 aromatic carbocycles. The third-order valence-corrected chi connectivity index (χ3v) is 2.79. The Morgan fingerprint density at radius 3 is 2.45 bits per heavy atom. The minimum Gasteiger partial charge on any atom is -0.383 e. The molecule has 0 saturated heterocycles. The Morgan fingerprint density at radius 1 is 1.25 bits per heavy atom. The number of benzene rings is 1. The number of hydrogen-bond donors (Lipinski definition) is 2. The molecule has 2 N–H and O–H groups in total. The maximum absolute atomic E-state index is 11.8. The zero-order valence-electron chi connectivity index (χ0n) is 12.9. The monoisotopic (exact) mass is 278 g/mol. The normalized spacial score (nSPS) is 13.0. The molecule has 4 nitrogen and oxygen atoms in total. The minimum absolute atomic E-state index is 0.0641. The van der Waals surface area contributed by atoms with Crippen molar-refractivity contribution in [1.29, 1.82) is 0 Å². The standard InChI is InChI=1S/C16H26N2O2/c1-16(2,3)18-15(19)10-11-17-14(12-20-4)13-8-6-5-7-9-13/h5-9,14,17H,10-12H2,1-4H3,(H,18,19). The molecule has 0 bridgehead atoms. The molecular formula is C16H26N2O2. The van der Waals surface area contributed by atoms with Gasteiger partial charge in [-0.15, -0.1) is 0 Å². The van der Waals surface area contributed by atoms with Gasteiger partial charge in [0.2, 0.25) is 5.91 Å².